The molecule has 21 heavy (non-hydrogen) atoms. The average Bonchev–Trinajstić information content (AvgIpc) is 2.36. The van der Waals surface area contributed by atoms with Gasteiger partial charge in [-0.05, 0) is 67.7 Å². The molecule has 1 saturated carbocycles. The van der Waals surface area contributed by atoms with Crippen LogP contribution in [-0.2, 0) is 4.79 Å². The summed E-state index contributed by atoms with van der Waals surface area (Å²) in [7, 11) is 0. The van der Waals surface area contributed by atoms with Crippen molar-refractivity contribution >= 4 is 5.97 Å². The van der Waals surface area contributed by atoms with Gasteiger partial charge in [0.2, 0.25) is 0 Å². The van der Waals surface area contributed by atoms with Crippen molar-refractivity contribution in [3.63, 3.8) is 0 Å². The predicted octanol–water partition coefficient (Wildman–Crippen LogP) is 4.68. The standard InChI is InChI=1S/C18H25FO2/c1-10(2)13-5-6-14(18(20)21)15(9-13)17-12(4)7-11(3)8-16(17)19/h7-8,10,13-15H,5-6,9H2,1-4H3,(H,20,21). The lowest BCUT2D eigenvalue weighted by Gasteiger charge is -2.37. The first-order valence-corrected chi connectivity index (χ1v) is 7.80. The molecular weight excluding hydrogens is 267 g/mol. The van der Waals surface area contributed by atoms with Gasteiger partial charge in [-0.15, -0.1) is 0 Å². The summed E-state index contributed by atoms with van der Waals surface area (Å²) in [5.74, 6) is -0.711. The first kappa shape index (κ1) is 16.0. The Hall–Kier alpha value is -1.38. The molecule has 0 spiro atoms. The van der Waals surface area contributed by atoms with Gasteiger partial charge in [0.25, 0.3) is 0 Å². The summed E-state index contributed by atoms with van der Waals surface area (Å²) in [5, 5.41) is 9.51. The molecular formula is C18H25FO2. The highest BCUT2D eigenvalue weighted by Crippen LogP contribution is 2.45. The Kier molecular flexibility index (Phi) is 4.70. The van der Waals surface area contributed by atoms with Crippen LogP contribution in [0.2, 0.25) is 0 Å². The van der Waals surface area contributed by atoms with Crippen LogP contribution in [0.4, 0.5) is 4.39 Å². The Bertz CT molecular complexity index is 513. The molecule has 1 N–H and O–H groups in total. The molecule has 1 fully saturated rings. The predicted molar refractivity (Wildman–Crippen MR) is 81.9 cm³/mol. The van der Waals surface area contributed by atoms with E-state index in [0.717, 1.165) is 24.0 Å². The van der Waals surface area contributed by atoms with E-state index in [1.807, 2.05) is 19.9 Å². The van der Waals surface area contributed by atoms with Gasteiger partial charge in [-0.25, -0.2) is 4.39 Å². The zero-order valence-electron chi connectivity index (χ0n) is 13.3. The minimum absolute atomic E-state index is 0.204. The fourth-order valence-electron chi connectivity index (χ4n) is 3.82. The van der Waals surface area contributed by atoms with E-state index < -0.39 is 11.9 Å². The number of aliphatic carboxylic acids is 1. The van der Waals surface area contributed by atoms with Crippen LogP contribution in [0.5, 0.6) is 0 Å². The highest BCUT2D eigenvalue weighted by molar-refractivity contribution is 5.71. The van der Waals surface area contributed by atoms with Crippen molar-refractivity contribution in [3.05, 3.63) is 34.6 Å². The highest BCUT2D eigenvalue weighted by atomic mass is 19.1. The SMILES string of the molecule is Cc1cc(C)c(C2CC(C(C)C)CCC2C(=O)O)c(F)c1. The molecule has 2 nitrogen and oxygen atoms in total. The molecule has 2 rings (SSSR count). The lowest BCUT2D eigenvalue weighted by atomic mass is 9.67. The van der Waals surface area contributed by atoms with Crippen LogP contribution in [0, 0.1) is 37.4 Å². The van der Waals surface area contributed by atoms with Gasteiger partial charge in [0.15, 0.2) is 0 Å². The number of hydrogen-bond acceptors (Lipinski definition) is 1. The molecule has 1 aliphatic rings. The van der Waals surface area contributed by atoms with Crippen LogP contribution in [0.15, 0.2) is 12.1 Å². The van der Waals surface area contributed by atoms with Gasteiger partial charge >= 0.3 is 5.97 Å². The van der Waals surface area contributed by atoms with Gasteiger partial charge in [-0.2, -0.15) is 0 Å². The molecule has 0 bridgehead atoms. The average molecular weight is 292 g/mol. The van der Waals surface area contributed by atoms with Crippen molar-refractivity contribution in [1.82, 2.24) is 0 Å². The van der Waals surface area contributed by atoms with Crippen LogP contribution in [0.3, 0.4) is 0 Å². The molecule has 0 heterocycles. The van der Waals surface area contributed by atoms with Crippen molar-refractivity contribution < 1.29 is 14.3 Å². The van der Waals surface area contributed by atoms with Gasteiger partial charge < -0.3 is 5.11 Å². The third-order valence-electron chi connectivity index (χ3n) is 5.00. The van der Waals surface area contributed by atoms with Gasteiger partial charge in [0.05, 0.1) is 5.92 Å². The Morgan fingerprint density at radius 2 is 1.95 bits per heavy atom. The van der Waals surface area contributed by atoms with Crippen LogP contribution >= 0.6 is 0 Å². The maximum absolute atomic E-state index is 14.5. The zero-order chi connectivity index (χ0) is 15.7. The van der Waals surface area contributed by atoms with E-state index in [9.17, 15) is 14.3 Å². The highest BCUT2D eigenvalue weighted by Gasteiger charge is 2.38. The lowest BCUT2D eigenvalue weighted by molar-refractivity contribution is -0.144. The maximum atomic E-state index is 14.5. The lowest BCUT2D eigenvalue weighted by Crippen LogP contribution is -2.32. The normalized spacial score (nSPS) is 26.1. The summed E-state index contributed by atoms with van der Waals surface area (Å²) < 4.78 is 14.5. The molecule has 0 saturated heterocycles. The zero-order valence-corrected chi connectivity index (χ0v) is 13.3. The molecule has 3 heteroatoms. The molecule has 0 aromatic heterocycles. The van der Waals surface area contributed by atoms with Crippen LogP contribution < -0.4 is 0 Å². The Morgan fingerprint density at radius 3 is 2.48 bits per heavy atom. The van der Waals surface area contributed by atoms with E-state index in [1.54, 1.807) is 0 Å². The van der Waals surface area contributed by atoms with Crippen molar-refractivity contribution in [2.24, 2.45) is 17.8 Å². The van der Waals surface area contributed by atoms with E-state index in [2.05, 4.69) is 13.8 Å². The minimum Gasteiger partial charge on any atom is -0.481 e. The first-order chi connectivity index (χ1) is 9.81. The van der Waals surface area contributed by atoms with E-state index >= 15 is 0 Å². The number of carboxylic acid groups (broad SMARTS) is 1. The number of aryl methyl sites for hydroxylation is 2. The van der Waals surface area contributed by atoms with E-state index in [0.29, 0.717) is 23.8 Å². The number of hydrogen-bond donors (Lipinski definition) is 1. The molecule has 1 aromatic rings. The summed E-state index contributed by atoms with van der Waals surface area (Å²) >= 11 is 0. The topological polar surface area (TPSA) is 37.3 Å². The van der Waals surface area contributed by atoms with Crippen molar-refractivity contribution in [2.75, 3.05) is 0 Å². The van der Waals surface area contributed by atoms with Crippen LogP contribution in [0.1, 0.15) is 55.7 Å². The second-order valence-electron chi connectivity index (χ2n) is 6.85. The van der Waals surface area contributed by atoms with Crippen molar-refractivity contribution in [1.29, 1.82) is 0 Å². The Labute approximate surface area is 126 Å². The quantitative estimate of drug-likeness (QED) is 0.878. The molecule has 1 aromatic carbocycles. The van der Waals surface area contributed by atoms with Gasteiger partial charge in [0.1, 0.15) is 5.82 Å². The molecule has 0 aliphatic heterocycles. The van der Waals surface area contributed by atoms with E-state index in [1.165, 1.54) is 6.07 Å². The van der Waals surface area contributed by atoms with Crippen molar-refractivity contribution in [3.8, 4) is 0 Å². The smallest absolute Gasteiger partial charge is 0.307 e. The van der Waals surface area contributed by atoms with Crippen molar-refractivity contribution in [2.45, 2.75) is 52.9 Å². The molecule has 116 valence electrons. The molecule has 3 unspecified atom stereocenters. The fourth-order valence-corrected chi connectivity index (χ4v) is 3.82. The molecule has 0 radical (unpaired) electrons. The second-order valence-corrected chi connectivity index (χ2v) is 6.85. The van der Waals surface area contributed by atoms with E-state index in [-0.39, 0.29) is 11.7 Å². The van der Waals surface area contributed by atoms with Gasteiger partial charge in [-0.3, -0.25) is 4.79 Å². The number of rotatable bonds is 3. The summed E-state index contributed by atoms with van der Waals surface area (Å²) in [6, 6.07) is 3.48. The number of carbonyl (C=O) groups is 1. The maximum Gasteiger partial charge on any atom is 0.307 e. The summed E-state index contributed by atoms with van der Waals surface area (Å²) in [6.45, 7) is 8.10. The minimum atomic E-state index is -0.790. The summed E-state index contributed by atoms with van der Waals surface area (Å²) in [5.41, 5.74) is 2.39. The third kappa shape index (κ3) is 3.28. The Morgan fingerprint density at radius 1 is 1.29 bits per heavy atom. The second kappa shape index (κ2) is 6.17. The van der Waals surface area contributed by atoms with Crippen LogP contribution in [0.25, 0.3) is 0 Å². The largest absolute Gasteiger partial charge is 0.481 e. The summed E-state index contributed by atoms with van der Waals surface area (Å²) in [6.07, 6.45) is 2.35. The third-order valence-corrected chi connectivity index (χ3v) is 5.00. The number of benzene rings is 1. The number of carboxylic acids is 1. The van der Waals surface area contributed by atoms with Crippen LogP contribution in [-0.4, -0.2) is 11.1 Å². The molecule has 0 amide bonds. The monoisotopic (exact) mass is 292 g/mol. The summed E-state index contributed by atoms with van der Waals surface area (Å²) in [4.78, 5) is 11.6. The molecule has 1 aliphatic carbocycles. The Balaban J connectivity index is 2.43. The number of halogens is 1. The van der Waals surface area contributed by atoms with E-state index in [4.69, 9.17) is 0 Å². The molecule has 3 atom stereocenters. The van der Waals surface area contributed by atoms with Gasteiger partial charge in [0, 0.05) is 5.92 Å². The first-order valence-electron chi connectivity index (χ1n) is 7.80. The fraction of sp³-hybridized carbons (Fsp3) is 0.611. The van der Waals surface area contributed by atoms with Gasteiger partial charge in [-0.1, -0.05) is 19.9 Å².